The summed E-state index contributed by atoms with van der Waals surface area (Å²) >= 11 is 5.76. The predicted octanol–water partition coefficient (Wildman–Crippen LogP) is 0.366. The lowest BCUT2D eigenvalue weighted by atomic mass is 10.2. The van der Waals surface area contributed by atoms with Crippen LogP contribution in [0.1, 0.15) is 6.42 Å². The third-order valence-corrected chi connectivity index (χ3v) is 3.46. The van der Waals surface area contributed by atoms with E-state index in [0.29, 0.717) is 16.9 Å². The minimum atomic E-state index is -0.322. The zero-order chi connectivity index (χ0) is 13.8. The molecule has 1 heterocycles. The van der Waals surface area contributed by atoms with Crippen molar-refractivity contribution in [2.45, 2.75) is 12.6 Å². The molecule has 1 unspecified atom stereocenters. The van der Waals surface area contributed by atoms with Gasteiger partial charge in [-0.3, -0.25) is 0 Å². The van der Waals surface area contributed by atoms with Crippen molar-refractivity contribution in [3.63, 3.8) is 0 Å². The molecule has 1 aliphatic heterocycles. The number of methoxy groups -OCH3 is 2. The maximum atomic E-state index is 11.1. The minimum Gasteiger partial charge on any atom is -0.496 e. The van der Waals surface area contributed by atoms with Crippen molar-refractivity contribution in [2.24, 2.45) is 0 Å². The van der Waals surface area contributed by atoms with Crippen molar-refractivity contribution in [2.75, 3.05) is 31.5 Å². The molecule has 1 aliphatic rings. The first-order chi connectivity index (χ1) is 9.28. The molecule has 1 atom stereocenters. The largest absolute Gasteiger partial charge is 0.496 e. The van der Waals surface area contributed by atoms with E-state index >= 15 is 0 Å². The average molecular weight is 282 g/mol. The van der Waals surface area contributed by atoms with E-state index in [2.05, 4.69) is 4.90 Å². The summed E-state index contributed by atoms with van der Waals surface area (Å²) in [6.07, 6.45) is 0.505. The Kier molecular flexibility index (Phi) is 4.48. The molecule has 0 aromatic heterocycles. The third kappa shape index (κ3) is 2.35. The zero-order valence-corrected chi connectivity index (χ0v) is 11.7. The lowest BCUT2D eigenvalue weighted by Crippen LogP contribution is -2.35. The second-order valence-corrected chi connectivity index (χ2v) is 4.57. The summed E-state index contributed by atoms with van der Waals surface area (Å²) in [7, 11) is 3.20. The molecule has 0 N–H and O–H groups in total. The second kappa shape index (κ2) is 6.11. The number of halogens is 1. The van der Waals surface area contributed by atoms with Gasteiger partial charge in [-0.25, -0.2) is 4.79 Å². The Morgan fingerprint density at radius 2 is 2.21 bits per heavy atom. The van der Waals surface area contributed by atoms with Gasteiger partial charge in [-0.1, -0.05) is 6.07 Å². The SMILES string of the molecule is COC1=c2c(cccc2=C=O)N(CCCCl)C1OC. The number of hydrogen-bond donors (Lipinski definition) is 0. The molecule has 0 radical (unpaired) electrons. The fourth-order valence-corrected chi connectivity index (χ4v) is 2.54. The molecule has 2 rings (SSSR count). The molecule has 5 heteroatoms. The van der Waals surface area contributed by atoms with Gasteiger partial charge >= 0.3 is 0 Å². The Morgan fingerprint density at radius 1 is 1.42 bits per heavy atom. The summed E-state index contributed by atoms with van der Waals surface area (Å²) in [5, 5.41) is 1.26. The highest BCUT2D eigenvalue weighted by atomic mass is 35.5. The van der Waals surface area contributed by atoms with Gasteiger partial charge in [0.05, 0.1) is 23.2 Å². The Labute approximate surface area is 116 Å². The molecule has 4 nitrogen and oxygen atoms in total. The van der Waals surface area contributed by atoms with Gasteiger partial charge in [-0.2, -0.15) is 0 Å². The molecule has 19 heavy (non-hydrogen) atoms. The standard InChI is InChI=1S/C14H16ClNO3/c1-18-13-12-10(9-17)5-3-6-11(12)16(8-4-7-15)14(13)19-2/h3,5-6,14H,4,7-8H2,1-2H3. The van der Waals surface area contributed by atoms with E-state index in [4.69, 9.17) is 21.1 Å². The highest BCUT2D eigenvalue weighted by molar-refractivity contribution is 6.17. The first-order valence-corrected chi connectivity index (χ1v) is 6.59. The van der Waals surface area contributed by atoms with E-state index in [1.54, 1.807) is 20.3 Å². The zero-order valence-electron chi connectivity index (χ0n) is 11.0. The summed E-state index contributed by atoms with van der Waals surface area (Å²) in [5.41, 5.74) is 0.926. The fourth-order valence-electron chi connectivity index (χ4n) is 2.42. The topological polar surface area (TPSA) is 38.8 Å². The summed E-state index contributed by atoms with van der Waals surface area (Å²) in [6, 6.07) is 5.50. The molecule has 0 bridgehead atoms. The Bertz CT molecular complexity index is 595. The van der Waals surface area contributed by atoms with E-state index in [1.807, 2.05) is 18.1 Å². The molecule has 0 fully saturated rings. The van der Waals surface area contributed by atoms with E-state index in [9.17, 15) is 4.79 Å². The van der Waals surface area contributed by atoms with Gasteiger partial charge in [0, 0.05) is 19.5 Å². The summed E-state index contributed by atoms with van der Waals surface area (Å²) in [5.74, 6) is 3.17. The Morgan fingerprint density at radius 3 is 2.79 bits per heavy atom. The van der Waals surface area contributed by atoms with Gasteiger partial charge in [0.15, 0.2) is 12.0 Å². The molecular weight excluding hydrogens is 266 g/mol. The molecule has 0 aliphatic carbocycles. The summed E-state index contributed by atoms with van der Waals surface area (Å²) in [4.78, 5) is 13.1. The summed E-state index contributed by atoms with van der Waals surface area (Å²) < 4.78 is 10.9. The smallest absolute Gasteiger partial charge is 0.189 e. The first kappa shape index (κ1) is 13.9. The van der Waals surface area contributed by atoms with Crippen LogP contribution in [0, 0.1) is 0 Å². The van der Waals surface area contributed by atoms with Crippen LogP contribution in [0.4, 0.5) is 5.69 Å². The minimum absolute atomic E-state index is 0.322. The van der Waals surface area contributed by atoms with Crippen LogP contribution in [0.2, 0.25) is 0 Å². The van der Waals surface area contributed by atoms with Crippen molar-refractivity contribution in [1.82, 2.24) is 0 Å². The van der Waals surface area contributed by atoms with Crippen LogP contribution in [0.25, 0.3) is 5.76 Å². The van der Waals surface area contributed by atoms with E-state index in [-0.39, 0.29) is 6.23 Å². The average Bonchev–Trinajstić information content (AvgIpc) is 2.77. The number of anilines is 1. The molecule has 102 valence electrons. The van der Waals surface area contributed by atoms with Crippen molar-refractivity contribution in [3.8, 4) is 0 Å². The first-order valence-electron chi connectivity index (χ1n) is 6.06. The number of ether oxygens (including phenoxy) is 2. The highest BCUT2D eigenvalue weighted by Gasteiger charge is 2.32. The van der Waals surface area contributed by atoms with Crippen LogP contribution < -0.4 is 15.3 Å². The highest BCUT2D eigenvalue weighted by Crippen LogP contribution is 2.25. The van der Waals surface area contributed by atoms with E-state index in [1.165, 1.54) is 0 Å². The maximum Gasteiger partial charge on any atom is 0.189 e. The summed E-state index contributed by atoms with van der Waals surface area (Å²) in [6.45, 7) is 0.740. The number of nitrogens with zero attached hydrogens (tertiary/aromatic N) is 1. The van der Waals surface area contributed by atoms with Gasteiger partial charge in [0.2, 0.25) is 0 Å². The van der Waals surface area contributed by atoms with Crippen LogP contribution in [-0.4, -0.2) is 38.8 Å². The van der Waals surface area contributed by atoms with E-state index in [0.717, 1.165) is 23.9 Å². The van der Waals surface area contributed by atoms with Crippen molar-refractivity contribution >= 4 is 29.0 Å². The second-order valence-electron chi connectivity index (χ2n) is 4.19. The van der Waals surface area contributed by atoms with E-state index < -0.39 is 0 Å². The number of rotatable bonds is 5. The molecular formula is C14H16ClNO3. The Balaban J connectivity index is 2.63. The van der Waals surface area contributed by atoms with Crippen molar-refractivity contribution in [1.29, 1.82) is 0 Å². The van der Waals surface area contributed by atoms with Gasteiger partial charge in [-0.15, -0.1) is 11.6 Å². The van der Waals surface area contributed by atoms with Crippen molar-refractivity contribution < 1.29 is 14.3 Å². The lowest BCUT2D eigenvalue weighted by Gasteiger charge is -2.27. The maximum absolute atomic E-state index is 11.1. The molecule has 0 saturated heterocycles. The number of benzene rings is 1. The van der Waals surface area contributed by atoms with Gasteiger partial charge in [0.25, 0.3) is 0 Å². The van der Waals surface area contributed by atoms with Crippen LogP contribution >= 0.6 is 11.6 Å². The number of hydrogen-bond acceptors (Lipinski definition) is 4. The third-order valence-electron chi connectivity index (χ3n) is 3.19. The Hall–Kier alpha value is -1.48. The lowest BCUT2D eigenvalue weighted by molar-refractivity contribution is 0.116. The molecule has 0 amide bonds. The van der Waals surface area contributed by atoms with Crippen LogP contribution in [-0.2, 0) is 14.3 Å². The molecule has 1 aromatic rings. The van der Waals surface area contributed by atoms with Gasteiger partial charge < -0.3 is 14.4 Å². The van der Waals surface area contributed by atoms with Gasteiger partial charge in [0.1, 0.15) is 5.94 Å². The predicted molar refractivity (Wildman–Crippen MR) is 74.4 cm³/mol. The normalized spacial score (nSPS) is 17.3. The van der Waals surface area contributed by atoms with Crippen LogP contribution in [0.5, 0.6) is 0 Å². The number of fused-ring (bicyclic) bond motifs is 1. The quantitative estimate of drug-likeness (QED) is 0.731. The van der Waals surface area contributed by atoms with Crippen molar-refractivity contribution in [3.05, 3.63) is 28.6 Å². The number of alkyl halides is 1. The number of carbonyl (C=O) groups excluding carboxylic acids is 1. The van der Waals surface area contributed by atoms with Gasteiger partial charge in [-0.05, 0) is 18.6 Å². The fraction of sp³-hybridized carbons (Fsp3) is 0.429. The molecule has 0 spiro atoms. The van der Waals surface area contributed by atoms with Crippen LogP contribution in [0.3, 0.4) is 0 Å². The molecule has 0 saturated carbocycles. The van der Waals surface area contributed by atoms with Crippen LogP contribution in [0.15, 0.2) is 18.2 Å². The molecule has 1 aromatic carbocycles. The monoisotopic (exact) mass is 281 g/mol.